The molecule has 0 spiro atoms. The maximum atomic E-state index is 4.38. The maximum Gasteiger partial charge on any atom is 0.223 e. The van der Waals surface area contributed by atoms with Gasteiger partial charge in [0.05, 0.1) is 0 Å². The summed E-state index contributed by atoms with van der Waals surface area (Å²) in [4.78, 5) is 8.77. The van der Waals surface area contributed by atoms with E-state index in [4.69, 9.17) is 0 Å². The van der Waals surface area contributed by atoms with Crippen molar-refractivity contribution in [2.75, 3.05) is 11.9 Å². The smallest absolute Gasteiger partial charge is 0.223 e. The minimum absolute atomic E-state index is 0.707. The number of nitrogens with zero attached hydrogens (tertiary/aromatic N) is 3. The summed E-state index contributed by atoms with van der Waals surface area (Å²) in [7, 11) is 0. The fourth-order valence-electron chi connectivity index (χ4n) is 2.43. The lowest BCUT2D eigenvalue weighted by atomic mass is 10.2. The Labute approximate surface area is 118 Å². The van der Waals surface area contributed by atoms with Crippen LogP contribution in [0.4, 0.5) is 5.95 Å². The molecule has 1 N–H and O–H groups in total. The lowest BCUT2D eigenvalue weighted by Crippen LogP contribution is -2.12. The lowest BCUT2D eigenvalue weighted by molar-refractivity contribution is 0.751. The molecule has 1 aromatic carbocycles. The van der Waals surface area contributed by atoms with Crippen LogP contribution < -0.4 is 5.32 Å². The molecule has 4 nitrogen and oxygen atoms in total. The highest BCUT2D eigenvalue weighted by Crippen LogP contribution is 2.14. The average Bonchev–Trinajstić information content (AvgIpc) is 2.81. The Bertz CT molecular complexity index is 710. The second-order valence-electron chi connectivity index (χ2n) is 4.97. The zero-order chi connectivity index (χ0) is 13.9. The van der Waals surface area contributed by atoms with Crippen LogP contribution in [0.5, 0.6) is 0 Å². The van der Waals surface area contributed by atoms with Gasteiger partial charge >= 0.3 is 0 Å². The zero-order valence-electron chi connectivity index (χ0n) is 11.8. The molecule has 4 heteroatoms. The lowest BCUT2D eigenvalue weighted by Gasteiger charge is -2.08. The molecule has 0 aliphatic carbocycles. The number of benzene rings is 1. The monoisotopic (exact) mass is 266 g/mol. The van der Waals surface area contributed by atoms with Crippen LogP contribution in [-0.4, -0.2) is 21.1 Å². The van der Waals surface area contributed by atoms with Gasteiger partial charge in [-0.2, -0.15) is 0 Å². The molecule has 0 saturated heterocycles. The number of hydrogen-bond acceptors (Lipinski definition) is 3. The first-order chi connectivity index (χ1) is 9.72. The standard InChI is InChI=1S/C16H18N4/c1-12-11-13(2)19-16(18-12)17-8-10-20-9-7-14-5-3-4-6-15(14)20/h3-7,9,11H,8,10H2,1-2H3,(H,17,18,19). The Kier molecular flexibility index (Phi) is 3.37. The van der Waals surface area contributed by atoms with E-state index in [0.717, 1.165) is 24.5 Å². The topological polar surface area (TPSA) is 42.7 Å². The molecular formula is C16H18N4. The van der Waals surface area contributed by atoms with E-state index in [1.165, 1.54) is 10.9 Å². The van der Waals surface area contributed by atoms with Crippen molar-refractivity contribution in [1.29, 1.82) is 0 Å². The maximum absolute atomic E-state index is 4.38. The number of para-hydroxylation sites is 1. The second-order valence-corrected chi connectivity index (χ2v) is 4.97. The van der Waals surface area contributed by atoms with E-state index in [0.29, 0.717) is 5.95 Å². The second kappa shape index (κ2) is 5.33. The van der Waals surface area contributed by atoms with Gasteiger partial charge in [0, 0.05) is 36.2 Å². The fourth-order valence-corrected chi connectivity index (χ4v) is 2.43. The number of anilines is 1. The van der Waals surface area contributed by atoms with Crippen molar-refractivity contribution in [2.45, 2.75) is 20.4 Å². The van der Waals surface area contributed by atoms with Crippen molar-refractivity contribution < 1.29 is 0 Å². The molecule has 0 radical (unpaired) electrons. The first kappa shape index (κ1) is 12.7. The van der Waals surface area contributed by atoms with Gasteiger partial charge in [-0.1, -0.05) is 18.2 Å². The summed E-state index contributed by atoms with van der Waals surface area (Å²) in [5, 5.41) is 4.56. The van der Waals surface area contributed by atoms with Crippen LogP contribution in [0.25, 0.3) is 10.9 Å². The summed E-state index contributed by atoms with van der Waals surface area (Å²) < 4.78 is 2.24. The van der Waals surface area contributed by atoms with Crippen LogP contribution in [0.1, 0.15) is 11.4 Å². The zero-order valence-corrected chi connectivity index (χ0v) is 11.8. The average molecular weight is 266 g/mol. The van der Waals surface area contributed by atoms with Crippen LogP contribution in [0.3, 0.4) is 0 Å². The highest BCUT2D eigenvalue weighted by Gasteiger charge is 2.01. The highest BCUT2D eigenvalue weighted by molar-refractivity contribution is 5.79. The molecule has 2 heterocycles. The van der Waals surface area contributed by atoms with E-state index in [-0.39, 0.29) is 0 Å². The predicted molar refractivity (Wildman–Crippen MR) is 81.9 cm³/mol. The number of rotatable bonds is 4. The molecule has 0 bridgehead atoms. The van der Waals surface area contributed by atoms with Crippen molar-refractivity contribution in [3.63, 3.8) is 0 Å². The molecule has 0 unspecified atom stereocenters. The summed E-state index contributed by atoms with van der Waals surface area (Å²) in [5.41, 5.74) is 3.24. The van der Waals surface area contributed by atoms with Gasteiger partial charge in [0.15, 0.2) is 0 Å². The van der Waals surface area contributed by atoms with Gasteiger partial charge < -0.3 is 9.88 Å². The number of nitrogens with one attached hydrogen (secondary N) is 1. The third kappa shape index (κ3) is 2.64. The van der Waals surface area contributed by atoms with E-state index in [9.17, 15) is 0 Å². The molecule has 2 aromatic heterocycles. The molecule has 20 heavy (non-hydrogen) atoms. The van der Waals surface area contributed by atoms with E-state index in [2.05, 4.69) is 56.4 Å². The summed E-state index contributed by atoms with van der Waals surface area (Å²) in [5.74, 6) is 0.707. The van der Waals surface area contributed by atoms with Gasteiger partial charge in [0.25, 0.3) is 0 Å². The summed E-state index contributed by atoms with van der Waals surface area (Å²) in [6, 6.07) is 12.5. The van der Waals surface area contributed by atoms with E-state index < -0.39 is 0 Å². The van der Waals surface area contributed by atoms with E-state index in [1.54, 1.807) is 0 Å². The first-order valence-electron chi connectivity index (χ1n) is 6.82. The minimum Gasteiger partial charge on any atom is -0.352 e. The Hall–Kier alpha value is -2.36. The quantitative estimate of drug-likeness (QED) is 0.788. The molecule has 0 aliphatic heterocycles. The number of aryl methyl sites for hydroxylation is 2. The van der Waals surface area contributed by atoms with Crippen molar-refractivity contribution in [2.24, 2.45) is 0 Å². The SMILES string of the molecule is Cc1cc(C)nc(NCCn2ccc3ccccc32)n1. The van der Waals surface area contributed by atoms with E-state index in [1.807, 2.05) is 19.9 Å². The summed E-state index contributed by atoms with van der Waals surface area (Å²) in [6.45, 7) is 5.67. The molecule has 102 valence electrons. The molecule has 0 atom stereocenters. The van der Waals surface area contributed by atoms with Crippen LogP contribution in [0, 0.1) is 13.8 Å². The third-order valence-corrected chi connectivity index (χ3v) is 3.30. The van der Waals surface area contributed by atoms with Gasteiger partial charge in [0.2, 0.25) is 5.95 Å². The van der Waals surface area contributed by atoms with Crippen LogP contribution in [0.15, 0.2) is 42.6 Å². The minimum atomic E-state index is 0.707. The van der Waals surface area contributed by atoms with Crippen molar-refractivity contribution in [1.82, 2.24) is 14.5 Å². The predicted octanol–water partition coefficient (Wildman–Crippen LogP) is 3.16. The molecular weight excluding hydrogens is 248 g/mol. The largest absolute Gasteiger partial charge is 0.352 e. The van der Waals surface area contributed by atoms with Crippen molar-refractivity contribution in [3.05, 3.63) is 54.0 Å². The molecule has 3 aromatic rings. The van der Waals surface area contributed by atoms with Gasteiger partial charge in [-0.3, -0.25) is 0 Å². The van der Waals surface area contributed by atoms with Crippen molar-refractivity contribution >= 4 is 16.9 Å². The highest BCUT2D eigenvalue weighted by atomic mass is 15.1. The number of fused-ring (bicyclic) bond motifs is 1. The fraction of sp³-hybridized carbons (Fsp3) is 0.250. The van der Waals surface area contributed by atoms with Crippen LogP contribution in [-0.2, 0) is 6.54 Å². The summed E-state index contributed by atoms with van der Waals surface area (Å²) in [6.07, 6.45) is 2.12. The first-order valence-corrected chi connectivity index (χ1v) is 6.82. The normalized spacial score (nSPS) is 10.9. The molecule has 0 fully saturated rings. The molecule has 3 rings (SSSR count). The Morgan fingerprint density at radius 1 is 1.05 bits per heavy atom. The molecule has 0 saturated carbocycles. The summed E-state index contributed by atoms with van der Waals surface area (Å²) >= 11 is 0. The van der Waals surface area contributed by atoms with Gasteiger partial charge in [-0.25, -0.2) is 9.97 Å². The van der Waals surface area contributed by atoms with Crippen LogP contribution >= 0.6 is 0 Å². The van der Waals surface area contributed by atoms with Gasteiger partial charge in [0.1, 0.15) is 0 Å². The van der Waals surface area contributed by atoms with E-state index >= 15 is 0 Å². The Morgan fingerprint density at radius 2 is 1.80 bits per heavy atom. The molecule has 0 aliphatic rings. The van der Waals surface area contributed by atoms with Crippen molar-refractivity contribution in [3.8, 4) is 0 Å². The number of hydrogen-bond donors (Lipinski definition) is 1. The Morgan fingerprint density at radius 3 is 2.60 bits per heavy atom. The van der Waals surface area contributed by atoms with Gasteiger partial charge in [-0.05, 0) is 37.4 Å². The third-order valence-electron chi connectivity index (χ3n) is 3.30. The van der Waals surface area contributed by atoms with Gasteiger partial charge in [-0.15, -0.1) is 0 Å². The van der Waals surface area contributed by atoms with Crippen LogP contribution in [0.2, 0.25) is 0 Å². The Balaban J connectivity index is 1.68. The number of aromatic nitrogens is 3. The molecule has 0 amide bonds.